The molecule has 0 saturated carbocycles. The van der Waals surface area contributed by atoms with Gasteiger partial charge in [0.2, 0.25) is 5.91 Å². The number of hydrogen-bond acceptors (Lipinski definition) is 3. The maximum atomic E-state index is 11.3. The summed E-state index contributed by atoms with van der Waals surface area (Å²) in [4.78, 5) is 11.3. The summed E-state index contributed by atoms with van der Waals surface area (Å²) in [5.74, 6) is -0.102. The zero-order chi connectivity index (χ0) is 10.3. The summed E-state index contributed by atoms with van der Waals surface area (Å²) in [5.41, 5.74) is 5.54. The molecule has 0 aromatic carbocycles. The maximum absolute atomic E-state index is 11.3. The minimum Gasteiger partial charge on any atom is -0.380 e. The first-order valence-corrected chi connectivity index (χ1v) is 4.75. The van der Waals surface area contributed by atoms with Crippen molar-refractivity contribution in [1.29, 1.82) is 0 Å². The summed E-state index contributed by atoms with van der Waals surface area (Å²) >= 11 is 0. The number of ether oxygens (including phenoxy) is 1. The van der Waals surface area contributed by atoms with E-state index in [9.17, 15) is 4.79 Å². The van der Waals surface area contributed by atoms with E-state index in [2.05, 4.69) is 5.32 Å². The van der Waals surface area contributed by atoms with E-state index in [1.165, 1.54) is 0 Å². The first-order chi connectivity index (χ1) is 6.11. The van der Waals surface area contributed by atoms with Crippen LogP contribution in [0.5, 0.6) is 0 Å². The van der Waals surface area contributed by atoms with Crippen molar-refractivity contribution in [2.75, 3.05) is 13.2 Å². The molecule has 0 aliphatic heterocycles. The van der Waals surface area contributed by atoms with Crippen molar-refractivity contribution in [1.82, 2.24) is 5.32 Å². The third-order valence-corrected chi connectivity index (χ3v) is 1.74. The highest BCUT2D eigenvalue weighted by Crippen LogP contribution is 1.89. The highest BCUT2D eigenvalue weighted by Gasteiger charge is 2.13. The smallest absolute Gasteiger partial charge is 0.237 e. The summed E-state index contributed by atoms with van der Waals surface area (Å²) in [5, 5.41) is 2.78. The van der Waals surface area contributed by atoms with Crippen LogP contribution in [-0.2, 0) is 9.53 Å². The summed E-state index contributed by atoms with van der Waals surface area (Å²) in [6.07, 6.45) is 0.660. The highest BCUT2D eigenvalue weighted by atomic mass is 16.5. The van der Waals surface area contributed by atoms with E-state index in [1.807, 2.05) is 20.8 Å². The van der Waals surface area contributed by atoms with Crippen LogP contribution in [0.25, 0.3) is 0 Å². The predicted molar refractivity (Wildman–Crippen MR) is 52.4 cm³/mol. The number of nitrogens with two attached hydrogens (primary N) is 1. The Kier molecular flexibility index (Phi) is 6.54. The predicted octanol–water partition coefficient (Wildman–Crippen LogP) is 0.265. The Morgan fingerprint density at radius 3 is 2.62 bits per heavy atom. The monoisotopic (exact) mass is 188 g/mol. The second kappa shape index (κ2) is 6.86. The average molecular weight is 188 g/mol. The number of carbonyl (C=O) groups excluding carboxylic acids is 1. The topological polar surface area (TPSA) is 64.3 Å². The van der Waals surface area contributed by atoms with Crippen LogP contribution in [0.3, 0.4) is 0 Å². The van der Waals surface area contributed by atoms with Crippen molar-refractivity contribution in [2.45, 2.75) is 39.3 Å². The van der Waals surface area contributed by atoms with Crippen molar-refractivity contribution in [3.8, 4) is 0 Å². The van der Waals surface area contributed by atoms with Gasteiger partial charge in [0.05, 0.1) is 12.6 Å². The fourth-order valence-corrected chi connectivity index (χ4v) is 0.872. The fourth-order valence-electron chi connectivity index (χ4n) is 0.872. The standard InChI is InChI=1S/C9H20N2O2/c1-4-8(10)9(12)11-7(3)6-13-5-2/h7-8H,4-6,10H2,1-3H3,(H,11,12). The van der Waals surface area contributed by atoms with Crippen molar-refractivity contribution >= 4 is 5.91 Å². The molecule has 0 fully saturated rings. The SMILES string of the molecule is CCOCC(C)NC(=O)C(N)CC. The summed E-state index contributed by atoms with van der Waals surface area (Å²) < 4.78 is 5.15. The molecule has 3 N–H and O–H groups in total. The molecule has 78 valence electrons. The van der Waals surface area contributed by atoms with Gasteiger partial charge in [-0.3, -0.25) is 4.79 Å². The molecule has 0 saturated heterocycles. The molecule has 2 unspecified atom stereocenters. The minimum atomic E-state index is -0.399. The number of carbonyl (C=O) groups is 1. The van der Waals surface area contributed by atoms with Crippen LogP contribution in [0.1, 0.15) is 27.2 Å². The molecule has 2 atom stereocenters. The molecule has 0 heterocycles. The van der Waals surface area contributed by atoms with Crippen LogP contribution in [0.4, 0.5) is 0 Å². The lowest BCUT2D eigenvalue weighted by atomic mass is 10.2. The Morgan fingerprint density at radius 2 is 2.15 bits per heavy atom. The van der Waals surface area contributed by atoms with Crippen LogP contribution in [0, 0.1) is 0 Å². The molecular formula is C9H20N2O2. The molecule has 0 aliphatic rings. The molecule has 0 rings (SSSR count). The lowest BCUT2D eigenvalue weighted by Crippen LogP contribution is -2.45. The minimum absolute atomic E-state index is 0.0325. The molecule has 0 aromatic heterocycles. The van der Waals surface area contributed by atoms with Gasteiger partial charge in [0.25, 0.3) is 0 Å². The summed E-state index contributed by atoms with van der Waals surface area (Å²) in [6, 6.07) is -0.367. The van der Waals surface area contributed by atoms with Crippen molar-refractivity contribution in [3.63, 3.8) is 0 Å². The van der Waals surface area contributed by atoms with Gasteiger partial charge in [-0.1, -0.05) is 6.92 Å². The van der Waals surface area contributed by atoms with E-state index in [-0.39, 0.29) is 11.9 Å². The number of hydrogen-bond donors (Lipinski definition) is 2. The Bertz CT molecular complexity index is 151. The lowest BCUT2D eigenvalue weighted by molar-refractivity contribution is -0.123. The molecule has 1 amide bonds. The van der Waals surface area contributed by atoms with Crippen molar-refractivity contribution in [2.24, 2.45) is 5.73 Å². The van der Waals surface area contributed by atoms with Gasteiger partial charge in [-0.15, -0.1) is 0 Å². The van der Waals surface area contributed by atoms with E-state index < -0.39 is 6.04 Å². The fraction of sp³-hybridized carbons (Fsp3) is 0.889. The summed E-state index contributed by atoms with van der Waals surface area (Å²) in [7, 11) is 0. The number of nitrogens with one attached hydrogen (secondary N) is 1. The second-order valence-electron chi connectivity index (χ2n) is 3.08. The zero-order valence-electron chi connectivity index (χ0n) is 8.67. The van der Waals surface area contributed by atoms with E-state index in [0.29, 0.717) is 19.6 Å². The first kappa shape index (κ1) is 12.4. The Labute approximate surface area is 79.8 Å². The summed E-state index contributed by atoms with van der Waals surface area (Å²) in [6.45, 7) is 6.92. The Morgan fingerprint density at radius 1 is 1.54 bits per heavy atom. The largest absolute Gasteiger partial charge is 0.380 e. The molecule has 4 heteroatoms. The average Bonchev–Trinajstić information content (AvgIpc) is 2.13. The molecule has 0 radical (unpaired) electrons. The third-order valence-electron chi connectivity index (χ3n) is 1.74. The number of rotatable bonds is 6. The van der Waals surface area contributed by atoms with Crippen molar-refractivity contribution in [3.05, 3.63) is 0 Å². The van der Waals surface area contributed by atoms with E-state index in [4.69, 9.17) is 10.5 Å². The van der Waals surface area contributed by atoms with E-state index in [1.54, 1.807) is 0 Å². The van der Waals surface area contributed by atoms with Crippen LogP contribution in [0.2, 0.25) is 0 Å². The van der Waals surface area contributed by atoms with Gasteiger partial charge in [-0.05, 0) is 20.3 Å². The van der Waals surface area contributed by atoms with Gasteiger partial charge in [-0.25, -0.2) is 0 Å². The molecule has 13 heavy (non-hydrogen) atoms. The highest BCUT2D eigenvalue weighted by molar-refractivity contribution is 5.81. The molecule has 0 spiro atoms. The maximum Gasteiger partial charge on any atom is 0.237 e. The molecular weight excluding hydrogens is 168 g/mol. The van der Waals surface area contributed by atoms with Crippen LogP contribution >= 0.6 is 0 Å². The third kappa shape index (κ3) is 5.60. The van der Waals surface area contributed by atoms with Crippen LogP contribution in [0.15, 0.2) is 0 Å². The van der Waals surface area contributed by atoms with Crippen LogP contribution in [-0.4, -0.2) is 31.2 Å². The van der Waals surface area contributed by atoms with Gasteiger partial charge < -0.3 is 15.8 Å². The lowest BCUT2D eigenvalue weighted by Gasteiger charge is -2.16. The van der Waals surface area contributed by atoms with Crippen molar-refractivity contribution < 1.29 is 9.53 Å². The second-order valence-corrected chi connectivity index (χ2v) is 3.08. The molecule has 4 nitrogen and oxygen atoms in total. The van der Waals surface area contributed by atoms with Gasteiger partial charge in [0.15, 0.2) is 0 Å². The van der Waals surface area contributed by atoms with E-state index >= 15 is 0 Å². The van der Waals surface area contributed by atoms with E-state index in [0.717, 1.165) is 0 Å². The molecule has 0 bridgehead atoms. The zero-order valence-corrected chi connectivity index (χ0v) is 8.67. The Balaban J connectivity index is 3.64. The quantitative estimate of drug-likeness (QED) is 0.628. The number of amides is 1. The molecule has 0 aromatic rings. The van der Waals surface area contributed by atoms with Gasteiger partial charge in [0, 0.05) is 12.6 Å². The van der Waals surface area contributed by atoms with Gasteiger partial charge >= 0.3 is 0 Å². The first-order valence-electron chi connectivity index (χ1n) is 4.75. The Hall–Kier alpha value is -0.610. The van der Waals surface area contributed by atoms with Gasteiger partial charge in [0.1, 0.15) is 0 Å². The molecule has 0 aliphatic carbocycles. The normalized spacial score (nSPS) is 15.1. The van der Waals surface area contributed by atoms with Gasteiger partial charge in [-0.2, -0.15) is 0 Å². The van der Waals surface area contributed by atoms with Crippen LogP contribution < -0.4 is 11.1 Å².